The molecule has 39 heavy (non-hydrogen) atoms. The summed E-state index contributed by atoms with van der Waals surface area (Å²) in [5.41, 5.74) is 10.1. The molecule has 0 aromatic heterocycles. The third kappa shape index (κ3) is 4.62. The second-order valence-electron chi connectivity index (χ2n) is 10.0. The van der Waals surface area contributed by atoms with Gasteiger partial charge in [-0.2, -0.15) is 0 Å². The molecule has 0 bridgehead atoms. The van der Waals surface area contributed by atoms with E-state index in [1.165, 1.54) is 65.2 Å². The lowest BCUT2D eigenvalue weighted by atomic mass is 9.91. The van der Waals surface area contributed by atoms with E-state index in [0.29, 0.717) is 0 Å². The van der Waals surface area contributed by atoms with Crippen LogP contribution in [0, 0.1) is 0 Å². The normalized spacial score (nSPS) is 14.1. The van der Waals surface area contributed by atoms with Gasteiger partial charge in [-0.15, -0.1) is 0 Å². The molecule has 1 N–H and O–H groups in total. The van der Waals surface area contributed by atoms with Crippen LogP contribution in [0.3, 0.4) is 0 Å². The number of fused-ring (bicyclic) bond motifs is 2. The van der Waals surface area contributed by atoms with E-state index in [2.05, 4.69) is 139 Å². The van der Waals surface area contributed by atoms with Crippen molar-refractivity contribution in [2.24, 2.45) is 0 Å². The molecule has 0 amide bonds. The van der Waals surface area contributed by atoms with Crippen molar-refractivity contribution in [2.75, 3.05) is 11.9 Å². The van der Waals surface area contributed by atoms with Crippen molar-refractivity contribution < 1.29 is 0 Å². The van der Waals surface area contributed by atoms with Gasteiger partial charge >= 0.3 is 0 Å². The topological polar surface area (TPSA) is 12.0 Å². The molecule has 0 radical (unpaired) electrons. The van der Waals surface area contributed by atoms with Gasteiger partial charge < -0.3 is 5.32 Å². The number of rotatable bonds is 5. The Morgan fingerprint density at radius 3 is 2.08 bits per heavy atom. The van der Waals surface area contributed by atoms with Crippen LogP contribution in [0.2, 0.25) is 0 Å². The summed E-state index contributed by atoms with van der Waals surface area (Å²) in [7, 11) is 0. The first-order valence-electron chi connectivity index (χ1n) is 13.7. The van der Waals surface area contributed by atoms with E-state index in [1.807, 2.05) is 11.8 Å². The molecule has 0 spiro atoms. The van der Waals surface area contributed by atoms with Crippen LogP contribution in [0.1, 0.15) is 24.0 Å². The van der Waals surface area contributed by atoms with Gasteiger partial charge in [-0.3, -0.25) is 0 Å². The van der Waals surface area contributed by atoms with Crippen LogP contribution in [0.15, 0.2) is 137 Å². The summed E-state index contributed by atoms with van der Waals surface area (Å²) in [5, 5.41) is 6.30. The highest BCUT2D eigenvalue weighted by atomic mass is 32.2. The standard InChI is InChI=1S/C37H29NS/c1-4-13-26(14-5-1)29-23-30(27-15-6-2-7-16-27)25-31(24-29)39-37-33-20-11-10-19-32(33)35(28-17-8-3-9-18-28)36-34(37)21-12-22-38-36/h1,3-6,8-21,23-25,38H,2,7,22H2. The van der Waals surface area contributed by atoms with E-state index in [0.717, 1.165) is 19.4 Å². The first kappa shape index (κ1) is 23.8. The van der Waals surface area contributed by atoms with Crippen LogP contribution in [0.25, 0.3) is 44.7 Å². The maximum Gasteiger partial charge on any atom is 0.0513 e. The number of anilines is 1. The zero-order valence-electron chi connectivity index (χ0n) is 21.7. The molecule has 1 aliphatic carbocycles. The van der Waals surface area contributed by atoms with Gasteiger partial charge in [0.1, 0.15) is 0 Å². The third-order valence-electron chi connectivity index (χ3n) is 7.51. The van der Waals surface area contributed by atoms with Crippen LogP contribution >= 0.6 is 11.8 Å². The summed E-state index contributed by atoms with van der Waals surface area (Å²) in [5.74, 6) is 0. The van der Waals surface area contributed by atoms with Crippen molar-refractivity contribution in [3.05, 3.63) is 139 Å². The lowest BCUT2D eigenvalue weighted by Crippen LogP contribution is -2.08. The average molecular weight is 520 g/mol. The van der Waals surface area contributed by atoms with Gasteiger partial charge in [0, 0.05) is 27.5 Å². The second kappa shape index (κ2) is 10.5. The Kier molecular flexibility index (Phi) is 6.40. The molecule has 188 valence electrons. The monoisotopic (exact) mass is 519 g/mol. The molecule has 0 saturated carbocycles. The minimum absolute atomic E-state index is 0.837. The highest BCUT2D eigenvalue weighted by Gasteiger charge is 2.21. The quantitative estimate of drug-likeness (QED) is 0.248. The lowest BCUT2D eigenvalue weighted by molar-refractivity contribution is 1.04. The van der Waals surface area contributed by atoms with Gasteiger partial charge in [-0.25, -0.2) is 0 Å². The first-order valence-corrected chi connectivity index (χ1v) is 14.5. The number of hydrogen-bond donors (Lipinski definition) is 1. The summed E-state index contributed by atoms with van der Waals surface area (Å²) in [6, 6.07) is 37.4. The summed E-state index contributed by atoms with van der Waals surface area (Å²) < 4.78 is 0. The SMILES string of the molecule is C1=CC(c2cc(Sc3c4c(c(-c5ccccc5)c5ccccc35)NCC=C4)cc(-c3ccccc3)c2)=CCC1. The fourth-order valence-corrected chi connectivity index (χ4v) is 6.86. The molecule has 0 saturated heterocycles. The molecule has 0 unspecified atom stereocenters. The molecule has 0 atom stereocenters. The van der Waals surface area contributed by atoms with E-state index >= 15 is 0 Å². The molecule has 2 heteroatoms. The molecular weight excluding hydrogens is 490 g/mol. The van der Waals surface area contributed by atoms with Crippen molar-refractivity contribution in [3.8, 4) is 22.3 Å². The third-order valence-corrected chi connectivity index (χ3v) is 8.63. The maximum atomic E-state index is 3.73. The Morgan fingerprint density at radius 2 is 1.31 bits per heavy atom. The van der Waals surface area contributed by atoms with E-state index in [4.69, 9.17) is 0 Å². The molecule has 5 aromatic rings. The maximum absolute atomic E-state index is 3.73. The van der Waals surface area contributed by atoms with Gasteiger partial charge in [-0.1, -0.05) is 127 Å². The molecule has 1 nitrogen and oxygen atoms in total. The van der Waals surface area contributed by atoms with E-state index in [9.17, 15) is 0 Å². The minimum atomic E-state index is 0.837. The summed E-state index contributed by atoms with van der Waals surface area (Å²) in [6.45, 7) is 0.837. The molecule has 0 fully saturated rings. The fourth-order valence-electron chi connectivity index (χ4n) is 5.69. The zero-order valence-corrected chi connectivity index (χ0v) is 22.5. The van der Waals surface area contributed by atoms with Crippen molar-refractivity contribution in [2.45, 2.75) is 22.6 Å². The summed E-state index contributed by atoms with van der Waals surface area (Å²) in [4.78, 5) is 2.55. The van der Waals surface area contributed by atoms with Gasteiger partial charge in [0.15, 0.2) is 0 Å². The van der Waals surface area contributed by atoms with E-state index < -0.39 is 0 Å². The number of hydrogen-bond acceptors (Lipinski definition) is 2. The van der Waals surface area contributed by atoms with Crippen LogP contribution < -0.4 is 5.32 Å². The Bertz CT molecular complexity index is 1760. The van der Waals surface area contributed by atoms with Crippen molar-refractivity contribution >= 4 is 39.9 Å². The van der Waals surface area contributed by atoms with Gasteiger partial charge in [0.2, 0.25) is 0 Å². The molecular formula is C37H29NS. The van der Waals surface area contributed by atoms with Crippen molar-refractivity contribution in [1.29, 1.82) is 0 Å². The minimum Gasteiger partial charge on any atom is -0.381 e. The van der Waals surface area contributed by atoms with Crippen molar-refractivity contribution in [3.63, 3.8) is 0 Å². The summed E-state index contributed by atoms with van der Waals surface area (Å²) in [6.07, 6.45) is 13.7. The molecule has 1 heterocycles. The first-order chi connectivity index (χ1) is 19.3. The molecule has 1 aliphatic heterocycles. The number of allylic oxidation sites excluding steroid dienone is 4. The fraction of sp³-hybridized carbons (Fsp3) is 0.0811. The van der Waals surface area contributed by atoms with E-state index in [-0.39, 0.29) is 0 Å². The lowest BCUT2D eigenvalue weighted by Gasteiger charge is -2.24. The Labute approximate surface area is 234 Å². The van der Waals surface area contributed by atoms with Crippen LogP contribution in [0.5, 0.6) is 0 Å². The van der Waals surface area contributed by atoms with Crippen LogP contribution in [-0.4, -0.2) is 6.54 Å². The Hall–Kier alpha value is -4.27. The molecule has 7 rings (SSSR count). The number of nitrogens with one attached hydrogen (secondary N) is 1. The Balaban J connectivity index is 1.43. The average Bonchev–Trinajstić information content (AvgIpc) is 3.02. The summed E-state index contributed by atoms with van der Waals surface area (Å²) >= 11 is 1.88. The van der Waals surface area contributed by atoms with Gasteiger partial charge in [0.25, 0.3) is 0 Å². The van der Waals surface area contributed by atoms with Crippen LogP contribution in [0.4, 0.5) is 5.69 Å². The zero-order chi connectivity index (χ0) is 26.0. The van der Waals surface area contributed by atoms with Crippen molar-refractivity contribution in [1.82, 2.24) is 0 Å². The molecule has 5 aromatic carbocycles. The highest BCUT2D eigenvalue weighted by Crippen LogP contribution is 2.48. The van der Waals surface area contributed by atoms with Crippen LogP contribution in [-0.2, 0) is 0 Å². The van der Waals surface area contributed by atoms with Gasteiger partial charge in [0.05, 0.1) is 5.69 Å². The largest absolute Gasteiger partial charge is 0.381 e. The smallest absolute Gasteiger partial charge is 0.0513 e. The van der Waals surface area contributed by atoms with E-state index in [1.54, 1.807) is 0 Å². The highest BCUT2D eigenvalue weighted by molar-refractivity contribution is 7.99. The second-order valence-corrected chi connectivity index (χ2v) is 11.1. The van der Waals surface area contributed by atoms with Gasteiger partial charge in [-0.05, 0) is 69.6 Å². The predicted octanol–water partition coefficient (Wildman–Crippen LogP) is 10.5. The Morgan fingerprint density at radius 1 is 0.590 bits per heavy atom. The number of benzene rings is 5. The molecule has 2 aliphatic rings. The predicted molar refractivity (Wildman–Crippen MR) is 169 cm³/mol.